The minimum atomic E-state index is -1.31. The first-order chi connectivity index (χ1) is 9.22. The summed E-state index contributed by atoms with van der Waals surface area (Å²) in [6.07, 6.45) is -0.430. The van der Waals surface area contributed by atoms with Gasteiger partial charge < -0.3 is 16.2 Å². The van der Waals surface area contributed by atoms with Crippen molar-refractivity contribution < 1.29 is 19.5 Å². The van der Waals surface area contributed by atoms with E-state index in [2.05, 4.69) is 10.4 Å². The predicted octanol–water partition coefficient (Wildman–Crippen LogP) is -0.976. The number of carboxylic acid groups (broad SMARTS) is 1. The molecule has 8 nitrogen and oxygen atoms in total. The van der Waals surface area contributed by atoms with Gasteiger partial charge in [-0.05, 0) is 13.8 Å². The Morgan fingerprint density at radius 3 is 2.40 bits per heavy atom. The number of hydrogen-bond acceptors (Lipinski definition) is 4. The zero-order chi connectivity index (χ0) is 15.4. The Bertz CT molecular complexity index is 550. The van der Waals surface area contributed by atoms with Gasteiger partial charge in [-0.1, -0.05) is 0 Å². The summed E-state index contributed by atoms with van der Waals surface area (Å²) in [4.78, 5) is 33.5. The highest BCUT2D eigenvalue weighted by atomic mass is 16.4. The normalized spacial score (nSPS) is 11.9. The van der Waals surface area contributed by atoms with Crippen LogP contribution in [0.1, 0.15) is 23.4 Å². The molecule has 1 rings (SSSR count). The van der Waals surface area contributed by atoms with Gasteiger partial charge in [0.25, 0.3) is 0 Å². The van der Waals surface area contributed by atoms with Gasteiger partial charge in [-0.2, -0.15) is 5.10 Å². The van der Waals surface area contributed by atoms with Crippen LogP contribution in [-0.4, -0.2) is 38.7 Å². The van der Waals surface area contributed by atoms with E-state index in [1.807, 2.05) is 6.92 Å². The van der Waals surface area contributed by atoms with Crippen molar-refractivity contribution in [1.29, 1.82) is 0 Å². The molecule has 1 heterocycles. The van der Waals surface area contributed by atoms with E-state index >= 15 is 0 Å². The summed E-state index contributed by atoms with van der Waals surface area (Å²) in [7, 11) is 1.76. The second-order valence-electron chi connectivity index (χ2n) is 4.58. The molecule has 0 fully saturated rings. The van der Waals surface area contributed by atoms with Crippen LogP contribution in [0, 0.1) is 13.8 Å². The molecule has 0 aliphatic carbocycles. The van der Waals surface area contributed by atoms with Crippen LogP contribution < -0.4 is 11.1 Å². The Morgan fingerprint density at radius 1 is 1.40 bits per heavy atom. The highest BCUT2D eigenvalue weighted by molar-refractivity contribution is 5.88. The molecule has 0 aliphatic rings. The van der Waals surface area contributed by atoms with Crippen molar-refractivity contribution in [3.63, 3.8) is 0 Å². The standard InChI is InChI=1S/C12H18N4O4/c1-6-8(7(2)16(3)15-6)4-11(18)14-9(12(19)20)5-10(13)17/h9H,4-5H2,1-3H3,(H2,13,17)(H,14,18)(H,19,20)/t9-/m1/s1. The number of aryl methyl sites for hydroxylation is 2. The highest BCUT2D eigenvalue weighted by Gasteiger charge is 2.23. The molecule has 1 aromatic rings. The summed E-state index contributed by atoms with van der Waals surface area (Å²) in [5, 5.41) is 15.4. The van der Waals surface area contributed by atoms with E-state index in [4.69, 9.17) is 10.8 Å². The first kappa shape index (κ1) is 15.7. The van der Waals surface area contributed by atoms with Crippen LogP contribution >= 0.6 is 0 Å². The van der Waals surface area contributed by atoms with Gasteiger partial charge in [-0.3, -0.25) is 14.3 Å². The van der Waals surface area contributed by atoms with Gasteiger partial charge in [0.2, 0.25) is 11.8 Å². The third-order valence-corrected chi connectivity index (χ3v) is 3.03. The average Bonchev–Trinajstić information content (AvgIpc) is 2.54. The van der Waals surface area contributed by atoms with E-state index in [0.29, 0.717) is 5.69 Å². The van der Waals surface area contributed by atoms with Gasteiger partial charge in [0, 0.05) is 18.3 Å². The monoisotopic (exact) mass is 282 g/mol. The maximum absolute atomic E-state index is 11.9. The summed E-state index contributed by atoms with van der Waals surface area (Å²) >= 11 is 0. The Labute approximate surface area is 115 Å². The Hall–Kier alpha value is -2.38. The molecule has 8 heteroatoms. The van der Waals surface area contributed by atoms with Crippen LogP contribution in [0.4, 0.5) is 0 Å². The zero-order valence-electron chi connectivity index (χ0n) is 11.6. The summed E-state index contributed by atoms with van der Waals surface area (Å²) in [5.41, 5.74) is 7.23. The van der Waals surface area contributed by atoms with Crippen molar-refractivity contribution in [3.05, 3.63) is 17.0 Å². The number of carboxylic acids is 1. The first-order valence-corrected chi connectivity index (χ1v) is 6.02. The minimum absolute atomic E-state index is 0.00798. The molecule has 0 aliphatic heterocycles. The second kappa shape index (κ2) is 6.18. The fourth-order valence-corrected chi connectivity index (χ4v) is 1.88. The fraction of sp³-hybridized carbons (Fsp3) is 0.500. The average molecular weight is 282 g/mol. The van der Waals surface area contributed by atoms with Crippen molar-refractivity contribution >= 4 is 17.8 Å². The second-order valence-corrected chi connectivity index (χ2v) is 4.58. The Kier molecular flexibility index (Phi) is 4.84. The van der Waals surface area contributed by atoms with Crippen molar-refractivity contribution in [2.75, 3.05) is 0 Å². The van der Waals surface area contributed by atoms with Crippen LogP contribution in [0.5, 0.6) is 0 Å². The summed E-state index contributed by atoms with van der Waals surface area (Å²) < 4.78 is 1.65. The van der Waals surface area contributed by atoms with Crippen LogP contribution in [0.25, 0.3) is 0 Å². The smallest absolute Gasteiger partial charge is 0.326 e. The Balaban J connectivity index is 2.75. The minimum Gasteiger partial charge on any atom is -0.480 e. The lowest BCUT2D eigenvalue weighted by atomic mass is 10.1. The van der Waals surface area contributed by atoms with Crippen LogP contribution in [-0.2, 0) is 27.9 Å². The summed E-state index contributed by atoms with van der Waals surface area (Å²) in [6, 6.07) is -1.31. The number of nitrogens with one attached hydrogen (secondary N) is 1. The van der Waals surface area contributed by atoms with Crippen LogP contribution in [0.2, 0.25) is 0 Å². The number of nitrogens with two attached hydrogens (primary N) is 1. The maximum Gasteiger partial charge on any atom is 0.326 e. The van der Waals surface area contributed by atoms with E-state index in [1.165, 1.54) is 0 Å². The van der Waals surface area contributed by atoms with Gasteiger partial charge in [0.1, 0.15) is 6.04 Å². The van der Waals surface area contributed by atoms with E-state index in [9.17, 15) is 14.4 Å². The lowest BCUT2D eigenvalue weighted by molar-refractivity contribution is -0.143. The van der Waals surface area contributed by atoms with Gasteiger partial charge in [-0.25, -0.2) is 4.79 Å². The van der Waals surface area contributed by atoms with Crippen LogP contribution in [0.15, 0.2) is 0 Å². The third kappa shape index (κ3) is 3.81. The molecule has 20 heavy (non-hydrogen) atoms. The largest absolute Gasteiger partial charge is 0.480 e. The molecular weight excluding hydrogens is 264 g/mol. The van der Waals surface area contributed by atoms with Gasteiger partial charge in [0.05, 0.1) is 18.5 Å². The van der Waals surface area contributed by atoms with Crippen molar-refractivity contribution in [2.45, 2.75) is 32.7 Å². The molecule has 0 bridgehead atoms. The molecule has 4 N–H and O–H groups in total. The topological polar surface area (TPSA) is 127 Å². The number of rotatable bonds is 6. The highest BCUT2D eigenvalue weighted by Crippen LogP contribution is 2.12. The Morgan fingerprint density at radius 2 is 2.00 bits per heavy atom. The molecule has 2 amide bonds. The number of nitrogens with zero attached hydrogens (tertiary/aromatic N) is 2. The van der Waals surface area contributed by atoms with E-state index in [-0.39, 0.29) is 6.42 Å². The molecule has 1 aromatic heterocycles. The van der Waals surface area contributed by atoms with Crippen molar-refractivity contribution in [1.82, 2.24) is 15.1 Å². The number of primary amides is 1. The predicted molar refractivity (Wildman–Crippen MR) is 69.8 cm³/mol. The maximum atomic E-state index is 11.9. The molecule has 0 radical (unpaired) electrons. The molecule has 0 aromatic carbocycles. The molecule has 0 saturated carbocycles. The van der Waals surface area contributed by atoms with E-state index in [0.717, 1.165) is 11.3 Å². The molecule has 1 atom stereocenters. The molecule has 0 saturated heterocycles. The first-order valence-electron chi connectivity index (χ1n) is 6.02. The molecule has 0 unspecified atom stereocenters. The number of carbonyl (C=O) groups excluding carboxylic acids is 2. The van der Waals surface area contributed by atoms with Crippen LogP contribution in [0.3, 0.4) is 0 Å². The summed E-state index contributed by atoms with van der Waals surface area (Å²) in [5.74, 6) is -2.57. The number of carbonyl (C=O) groups is 3. The number of aromatic nitrogens is 2. The van der Waals surface area contributed by atoms with E-state index in [1.54, 1.807) is 18.7 Å². The SMILES string of the molecule is Cc1nn(C)c(C)c1CC(=O)N[C@H](CC(N)=O)C(=O)O. The van der Waals surface area contributed by atoms with E-state index < -0.39 is 30.2 Å². The van der Waals surface area contributed by atoms with Gasteiger partial charge in [0.15, 0.2) is 0 Å². The fourth-order valence-electron chi connectivity index (χ4n) is 1.88. The lowest BCUT2D eigenvalue weighted by Gasteiger charge is -2.12. The van der Waals surface area contributed by atoms with Gasteiger partial charge >= 0.3 is 5.97 Å². The van der Waals surface area contributed by atoms with Gasteiger partial charge in [-0.15, -0.1) is 0 Å². The number of aliphatic carboxylic acids is 1. The third-order valence-electron chi connectivity index (χ3n) is 3.03. The molecular formula is C12H18N4O4. The zero-order valence-corrected chi connectivity index (χ0v) is 11.6. The lowest BCUT2D eigenvalue weighted by Crippen LogP contribution is -2.44. The van der Waals surface area contributed by atoms with Crippen molar-refractivity contribution in [2.24, 2.45) is 12.8 Å². The number of hydrogen-bond donors (Lipinski definition) is 3. The molecule has 110 valence electrons. The number of amides is 2. The molecule has 0 spiro atoms. The van der Waals surface area contributed by atoms with Crippen molar-refractivity contribution in [3.8, 4) is 0 Å². The summed E-state index contributed by atoms with van der Waals surface area (Å²) in [6.45, 7) is 3.59. The quantitative estimate of drug-likeness (QED) is 0.618.